The first-order chi connectivity index (χ1) is 9.61. The van der Waals surface area contributed by atoms with Crippen molar-refractivity contribution in [3.8, 4) is 5.75 Å². The molecule has 2 heteroatoms. The zero-order chi connectivity index (χ0) is 16.3. The molecule has 0 aliphatic rings. The molecule has 0 bridgehead atoms. The number of rotatable bonds is 4. The van der Waals surface area contributed by atoms with Gasteiger partial charge in [-0.3, -0.25) is 0 Å². The molecule has 0 heterocycles. The van der Waals surface area contributed by atoms with E-state index in [1.807, 2.05) is 13.0 Å². The van der Waals surface area contributed by atoms with Crippen LogP contribution in [0.4, 0.5) is 0 Å². The molecule has 0 amide bonds. The van der Waals surface area contributed by atoms with Crippen LogP contribution in [-0.4, -0.2) is 18.3 Å². The topological polar surface area (TPSA) is 29.5 Å². The molecule has 0 atom stereocenters. The summed E-state index contributed by atoms with van der Waals surface area (Å²) in [6, 6.07) is 4.44. The van der Waals surface area contributed by atoms with E-state index in [1.54, 1.807) is 6.08 Å². The highest BCUT2D eigenvalue weighted by molar-refractivity contribution is 5.63. The minimum Gasteiger partial charge on any atom is -0.493 e. The lowest BCUT2D eigenvalue weighted by atomic mass is 9.79. The smallest absolute Gasteiger partial charge is 0.130 e. The average molecular weight is 290 g/mol. The van der Waals surface area contributed by atoms with Crippen molar-refractivity contribution < 1.29 is 9.84 Å². The normalized spacial score (nSPS) is 13.0. The first-order valence-corrected chi connectivity index (χ1v) is 7.70. The summed E-state index contributed by atoms with van der Waals surface area (Å²) in [7, 11) is 0. The minimum atomic E-state index is 0.00751. The average Bonchev–Trinajstić information content (AvgIpc) is 2.34. The highest BCUT2D eigenvalue weighted by Gasteiger charge is 2.25. The van der Waals surface area contributed by atoms with Crippen molar-refractivity contribution in [2.24, 2.45) is 0 Å². The van der Waals surface area contributed by atoms with Crippen molar-refractivity contribution in [2.45, 2.75) is 59.3 Å². The van der Waals surface area contributed by atoms with Gasteiger partial charge in [0.15, 0.2) is 0 Å². The molecule has 2 nitrogen and oxygen atoms in total. The second kappa shape index (κ2) is 6.65. The number of benzene rings is 1. The lowest BCUT2D eigenvalue weighted by Gasteiger charge is -2.28. The summed E-state index contributed by atoms with van der Waals surface area (Å²) in [6.07, 6.45) is 3.71. The van der Waals surface area contributed by atoms with Crippen LogP contribution < -0.4 is 4.74 Å². The molecule has 118 valence electrons. The van der Waals surface area contributed by atoms with Gasteiger partial charge in [-0.15, -0.1) is 0 Å². The van der Waals surface area contributed by atoms with Gasteiger partial charge in [0, 0.05) is 11.1 Å². The summed E-state index contributed by atoms with van der Waals surface area (Å²) < 4.78 is 5.93. The Kier molecular flexibility index (Phi) is 5.63. The van der Waals surface area contributed by atoms with Gasteiger partial charge >= 0.3 is 0 Å². The van der Waals surface area contributed by atoms with Gasteiger partial charge in [0.1, 0.15) is 5.75 Å². The lowest BCUT2D eigenvalue weighted by molar-refractivity contribution is 0.328. The summed E-state index contributed by atoms with van der Waals surface area (Å²) >= 11 is 0. The zero-order valence-electron chi connectivity index (χ0n) is 14.6. The fourth-order valence-corrected chi connectivity index (χ4v) is 2.25. The van der Waals surface area contributed by atoms with Crippen LogP contribution in [0.3, 0.4) is 0 Å². The third kappa shape index (κ3) is 4.60. The Morgan fingerprint density at radius 3 is 2.10 bits per heavy atom. The Labute approximate surface area is 129 Å². The van der Waals surface area contributed by atoms with Crippen molar-refractivity contribution >= 4 is 6.08 Å². The van der Waals surface area contributed by atoms with Gasteiger partial charge in [0.2, 0.25) is 0 Å². The van der Waals surface area contributed by atoms with E-state index < -0.39 is 0 Å². The zero-order valence-corrected chi connectivity index (χ0v) is 14.6. The van der Waals surface area contributed by atoms with E-state index in [1.165, 1.54) is 11.1 Å². The van der Waals surface area contributed by atoms with Crippen LogP contribution >= 0.6 is 0 Å². The second-order valence-corrected chi connectivity index (χ2v) is 7.46. The van der Waals surface area contributed by atoms with E-state index in [9.17, 15) is 0 Å². The van der Waals surface area contributed by atoms with E-state index in [0.717, 1.165) is 11.3 Å². The number of aliphatic hydroxyl groups is 1. The third-order valence-electron chi connectivity index (χ3n) is 3.48. The molecule has 0 aliphatic heterocycles. The molecule has 0 fully saturated rings. The fraction of sp³-hybridized carbons (Fsp3) is 0.579. The summed E-state index contributed by atoms with van der Waals surface area (Å²) in [5.41, 5.74) is 3.63. The maximum Gasteiger partial charge on any atom is 0.130 e. The lowest BCUT2D eigenvalue weighted by Crippen LogP contribution is -2.18. The van der Waals surface area contributed by atoms with Crippen LogP contribution in [0.2, 0.25) is 0 Å². The van der Waals surface area contributed by atoms with Crippen LogP contribution in [0.15, 0.2) is 18.2 Å². The molecule has 1 aromatic carbocycles. The second-order valence-electron chi connectivity index (χ2n) is 7.46. The Morgan fingerprint density at radius 1 is 1.05 bits per heavy atom. The summed E-state index contributed by atoms with van der Waals surface area (Å²) in [5.74, 6) is 0.933. The van der Waals surface area contributed by atoms with Gasteiger partial charge in [0.05, 0.1) is 13.2 Å². The summed E-state index contributed by atoms with van der Waals surface area (Å²) in [6.45, 7) is 15.9. The van der Waals surface area contributed by atoms with E-state index in [-0.39, 0.29) is 17.4 Å². The molecule has 1 aromatic rings. The Balaban J connectivity index is 3.61. The van der Waals surface area contributed by atoms with Crippen molar-refractivity contribution in [1.82, 2.24) is 0 Å². The maximum absolute atomic E-state index is 9.08. The highest BCUT2D eigenvalue weighted by Crippen LogP contribution is 2.39. The molecule has 0 saturated carbocycles. The predicted octanol–water partition coefficient (Wildman–Crippen LogP) is 4.69. The standard InChI is InChI=1S/C19H30O2/c1-8-21-17-14(10-9-11-20)12-15(18(2,3)4)13-16(17)19(5,6)7/h9-10,12-13,20H,8,11H2,1-7H3. The predicted molar refractivity (Wildman–Crippen MR) is 91.1 cm³/mol. The van der Waals surface area contributed by atoms with E-state index in [0.29, 0.717) is 6.61 Å². The van der Waals surface area contributed by atoms with E-state index in [2.05, 4.69) is 53.7 Å². The molecule has 1 rings (SSSR count). The Morgan fingerprint density at radius 2 is 1.67 bits per heavy atom. The molecule has 21 heavy (non-hydrogen) atoms. The number of aliphatic hydroxyl groups excluding tert-OH is 1. The van der Waals surface area contributed by atoms with Gasteiger partial charge in [-0.1, -0.05) is 59.8 Å². The number of hydrogen-bond donors (Lipinski definition) is 1. The van der Waals surface area contributed by atoms with Crippen molar-refractivity contribution in [1.29, 1.82) is 0 Å². The highest BCUT2D eigenvalue weighted by atomic mass is 16.5. The molecule has 0 unspecified atom stereocenters. The van der Waals surface area contributed by atoms with Crippen LogP contribution in [-0.2, 0) is 10.8 Å². The molecule has 0 spiro atoms. The number of ether oxygens (including phenoxy) is 1. The quantitative estimate of drug-likeness (QED) is 0.872. The minimum absolute atomic E-state index is 0.00751. The van der Waals surface area contributed by atoms with Gasteiger partial charge in [-0.2, -0.15) is 0 Å². The monoisotopic (exact) mass is 290 g/mol. The Bertz CT molecular complexity index is 500. The van der Waals surface area contributed by atoms with Gasteiger partial charge in [-0.05, 0) is 29.4 Å². The van der Waals surface area contributed by atoms with E-state index >= 15 is 0 Å². The molecular formula is C19H30O2. The third-order valence-corrected chi connectivity index (χ3v) is 3.48. The largest absolute Gasteiger partial charge is 0.493 e. The van der Waals surface area contributed by atoms with Crippen LogP contribution in [0.1, 0.15) is 65.2 Å². The van der Waals surface area contributed by atoms with E-state index in [4.69, 9.17) is 9.84 Å². The van der Waals surface area contributed by atoms with Gasteiger partial charge < -0.3 is 9.84 Å². The van der Waals surface area contributed by atoms with Gasteiger partial charge in [0.25, 0.3) is 0 Å². The fourth-order valence-electron chi connectivity index (χ4n) is 2.25. The molecule has 0 radical (unpaired) electrons. The molecule has 0 aromatic heterocycles. The van der Waals surface area contributed by atoms with Crippen molar-refractivity contribution in [2.75, 3.05) is 13.2 Å². The maximum atomic E-state index is 9.08. The summed E-state index contributed by atoms with van der Waals surface area (Å²) in [4.78, 5) is 0. The summed E-state index contributed by atoms with van der Waals surface area (Å²) in [5, 5.41) is 9.08. The van der Waals surface area contributed by atoms with Crippen LogP contribution in [0.5, 0.6) is 5.75 Å². The molecule has 0 aliphatic carbocycles. The first kappa shape index (κ1) is 17.8. The SMILES string of the molecule is CCOc1c(C=CCO)cc(C(C)(C)C)cc1C(C)(C)C. The van der Waals surface area contributed by atoms with Crippen molar-refractivity contribution in [3.63, 3.8) is 0 Å². The van der Waals surface area contributed by atoms with Gasteiger partial charge in [-0.25, -0.2) is 0 Å². The van der Waals surface area contributed by atoms with Crippen molar-refractivity contribution in [3.05, 3.63) is 34.9 Å². The molecule has 0 saturated heterocycles. The number of hydrogen-bond acceptors (Lipinski definition) is 2. The van der Waals surface area contributed by atoms with Crippen LogP contribution in [0, 0.1) is 0 Å². The first-order valence-electron chi connectivity index (χ1n) is 7.70. The van der Waals surface area contributed by atoms with Crippen LogP contribution in [0.25, 0.3) is 6.08 Å². The Hall–Kier alpha value is -1.28. The molecule has 1 N–H and O–H groups in total. The molecular weight excluding hydrogens is 260 g/mol.